The largest absolute Gasteiger partial charge is 0.374 e. The summed E-state index contributed by atoms with van der Waals surface area (Å²) >= 11 is 0. The second-order valence-electron chi connectivity index (χ2n) is 3.72. The third kappa shape index (κ3) is 2.92. The third-order valence-corrected chi connectivity index (χ3v) is 2.18. The van der Waals surface area contributed by atoms with Crippen molar-refractivity contribution < 1.29 is 13.6 Å². The zero-order valence-corrected chi connectivity index (χ0v) is 9.47. The normalized spacial score (nSPS) is 10.1. The van der Waals surface area contributed by atoms with Crippen LogP contribution in [-0.4, -0.2) is 31.4 Å². The van der Waals surface area contributed by atoms with Crippen molar-refractivity contribution in [2.45, 2.75) is 6.92 Å². The van der Waals surface area contributed by atoms with Gasteiger partial charge in [-0.1, -0.05) is 0 Å². The fraction of sp³-hybridized carbons (Fsp3) is 0.364. The Morgan fingerprint density at radius 3 is 2.50 bits per heavy atom. The van der Waals surface area contributed by atoms with E-state index in [4.69, 9.17) is 0 Å². The molecule has 0 aromatic heterocycles. The van der Waals surface area contributed by atoms with Gasteiger partial charge in [-0.05, 0) is 18.6 Å². The van der Waals surface area contributed by atoms with Crippen LogP contribution in [0.15, 0.2) is 12.1 Å². The van der Waals surface area contributed by atoms with E-state index in [9.17, 15) is 13.6 Å². The minimum absolute atomic E-state index is 0.00157. The SMILES string of the molecule is Cc1cc(F)c(NCC(=O)N(C)C)cc1F. The lowest BCUT2D eigenvalue weighted by Gasteiger charge is -2.12. The van der Waals surface area contributed by atoms with Gasteiger partial charge in [0.25, 0.3) is 0 Å². The van der Waals surface area contributed by atoms with Gasteiger partial charge in [0, 0.05) is 20.2 Å². The molecular weight excluding hydrogens is 214 g/mol. The van der Waals surface area contributed by atoms with E-state index in [1.54, 1.807) is 14.1 Å². The van der Waals surface area contributed by atoms with E-state index in [0.717, 1.165) is 12.1 Å². The first kappa shape index (κ1) is 12.4. The molecule has 1 amide bonds. The smallest absolute Gasteiger partial charge is 0.241 e. The Morgan fingerprint density at radius 2 is 1.94 bits per heavy atom. The number of carbonyl (C=O) groups excluding carboxylic acids is 1. The van der Waals surface area contributed by atoms with Gasteiger partial charge in [0.1, 0.15) is 11.6 Å². The second kappa shape index (κ2) is 4.92. The monoisotopic (exact) mass is 228 g/mol. The van der Waals surface area contributed by atoms with Gasteiger partial charge in [-0.25, -0.2) is 8.78 Å². The van der Waals surface area contributed by atoms with E-state index in [1.807, 2.05) is 0 Å². The van der Waals surface area contributed by atoms with Crippen LogP contribution in [-0.2, 0) is 4.79 Å². The van der Waals surface area contributed by atoms with Crippen molar-refractivity contribution in [3.05, 3.63) is 29.3 Å². The Morgan fingerprint density at radius 1 is 1.31 bits per heavy atom. The van der Waals surface area contributed by atoms with Gasteiger partial charge >= 0.3 is 0 Å². The number of nitrogens with zero attached hydrogens (tertiary/aromatic N) is 1. The van der Waals surface area contributed by atoms with Crippen molar-refractivity contribution in [1.82, 2.24) is 4.90 Å². The third-order valence-electron chi connectivity index (χ3n) is 2.18. The molecule has 3 nitrogen and oxygen atoms in total. The van der Waals surface area contributed by atoms with Crippen LogP contribution < -0.4 is 5.32 Å². The highest BCUT2D eigenvalue weighted by Gasteiger charge is 2.09. The molecule has 1 N–H and O–H groups in total. The highest BCUT2D eigenvalue weighted by Crippen LogP contribution is 2.18. The molecule has 0 unspecified atom stereocenters. The van der Waals surface area contributed by atoms with Crippen molar-refractivity contribution in [1.29, 1.82) is 0 Å². The Kier molecular flexibility index (Phi) is 3.82. The number of hydrogen-bond donors (Lipinski definition) is 1. The summed E-state index contributed by atoms with van der Waals surface area (Å²) in [5.74, 6) is -1.27. The minimum Gasteiger partial charge on any atom is -0.374 e. The molecule has 1 rings (SSSR count). The summed E-state index contributed by atoms with van der Waals surface area (Å²) in [4.78, 5) is 12.6. The summed E-state index contributed by atoms with van der Waals surface area (Å²) in [5, 5.41) is 2.56. The molecule has 0 aliphatic carbocycles. The summed E-state index contributed by atoms with van der Waals surface area (Å²) in [6.45, 7) is 1.42. The van der Waals surface area contributed by atoms with Gasteiger partial charge in [0.15, 0.2) is 0 Å². The van der Waals surface area contributed by atoms with Crippen LogP contribution in [0.4, 0.5) is 14.5 Å². The van der Waals surface area contributed by atoms with Crippen molar-refractivity contribution in [2.75, 3.05) is 26.0 Å². The topological polar surface area (TPSA) is 32.3 Å². The van der Waals surface area contributed by atoms with Gasteiger partial charge < -0.3 is 10.2 Å². The molecule has 0 saturated heterocycles. The molecule has 0 fully saturated rings. The predicted octanol–water partition coefficient (Wildman–Crippen LogP) is 1.77. The average molecular weight is 228 g/mol. The molecule has 5 heteroatoms. The van der Waals surface area contributed by atoms with Crippen LogP contribution in [0.1, 0.15) is 5.56 Å². The molecule has 0 heterocycles. The van der Waals surface area contributed by atoms with Gasteiger partial charge in [0.2, 0.25) is 5.91 Å². The van der Waals surface area contributed by atoms with E-state index >= 15 is 0 Å². The molecule has 0 spiro atoms. The summed E-state index contributed by atoms with van der Waals surface area (Å²) in [7, 11) is 3.19. The number of hydrogen-bond acceptors (Lipinski definition) is 2. The Balaban J connectivity index is 2.75. The molecule has 16 heavy (non-hydrogen) atoms. The van der Waals surface area contributed by atoms with Crippen molar-refractivity contribution in [2.24, 2.45) is 0 Å². The van der Waals surface area contributed by atoms with Crippen LogP contribution in [0.2, 0.25) is 0 Å². The second-order valence-corrected chi connectivity index (χ2v) is 3.72. The molecule has 0 bridgehead atoms. The zero-order chi connectivity index (χ0) is 12.3. The molecule has 0 saturated carbocycles. The first-order valence-electron chi connectivity index (χ1n) is 4.81. The molecule has 1 aromatic carbocycles. The number of anilines is 1. The van der Waals surface area contributed by atoms with E-state index in [2.05, 4.69) is 5.32 Å². The molecule has 88 valence electrons. The summed E-state index contributed by atoms with van der Waals surface area (Å²) < 4.78 is 26.5. The Labute approximate surface area is 93.1 Å². The van der Waals surface area contributed by atoms with Crippen LogP contribution >= 0.6 is 0 Å². The average Bonchev–Trinajstić information content (AvgIpc) is 2.20. The number of aryl methyl sites for hydroxylation is 1. The van der Waals surface area contributed by atoms with Crippen molar-refractivity contribution >= 4 is 11.6 Å². The maximum Gasteiger partial charge on any atom is 0.241 e. The fourth-order valence-corrected chi connectivity index (χ4v) is 1.11. The lowest BCUT2D eigenvalue weighted by atomic mass is 10.2. The zero-order valence-electron chi connectivity index (χ0n) is 9.47. The summed E-state index contributed by atoms with van der Waals surface area (Å²) in [6, 6.07) is 2.14. The number of carbonyl (C=O) groups is 1. The minimum atomic E-state index is -0.564. The highest BCUT2D eigenvalue weighted by molar-refractivity contribution is 5.80. The Hall–Kier alpha value is -1.65. The number of rotatable bonds is 3. The van der Waals surface area contributed by atoms with Crippen molar-refractivity contribution in [3.8, 4) is 0 Å². The first-order valence-corrected chi connectivity index (χ1v) is 4.81. The van der Waals surface area contributed by atoms with Gasteiger partial charge in [-0.15, -0.1) is 0 Å². The maximum atomic E-state index is 13.3. The maximum absolute atomic E-state index is 13.3. The van der Waals surface area contributed by atoms with Crippen molar-refractivity contribution in [3.63, 3.8) is 0 Å². The van der Waals surface area contributed by atoms with Crippen LogP contribution in [0.25, 0.3) is 0 Å². The molecule has 1 aromatic rings. The molecular formula is C11H14F2N2O. The highest BCUT2D eigenvalue weighted by atomic mass is 19.1. The lowest BCUT2D eigenvalue weighted by Crippen LogP contribution is -2.28. The van der Waals surface area contributed by atoms with Gasteiger partial charge in [0.05, 0.1) is 12.2 Å². The van der Waals surface area contributed by atoms with E-state index < -0.39 is 11.6 Å². The first-order chi connectivity index (χ1) is 7.41. The Bertz CT molecular complexity index is 405. The predicted molar refractivity (Wildman–Crippen MR) is 58.3 cm³/mol. The molecule has 0 atom stereocenters. The van der Waals surface area contributed by atoms with E-state index in [-0.39, 0.29) is 23.7 Å². The van der Waals surface area contributed by atoms with E-state index in [1.165, 1.54) is 11.8 Å². The molecule has 0 radical (unpaired) electrons. The number of benzene rings is 1. The van der Waals surface area contributed by atoms with E-state index in [0.29, 0.717) is 0 Å². The fourth-order valence-electron chi connectivity index (χ4n) is 1.11. The lowest BCUT2D eigenvalue weighted by molar-refractivity contribution is -0.126. The number of nitrogens with one attached hydrogen (secondary N) is 1. The van der Waals surface area contributed by atoms with Crippen LogP contribution in [0.3, 0.4) is 0 Å². The van der Waals surface area contributed by atoms with Gasteiger partial charge in [-0.2, -0.15) is 0 Å². The molecule has 0 aliphatic rings. The quantitative estimate of drug-likeness (QED) is 0.855. The van der Waals surface area contributed by atoms with Crippen LogP contribution in [0.5, 0.6) is 0 Å². The number of likely N-dealkylation sites (N-methyl/N-ethyl adjacent to an activating group) is 1. The summed E-state index contributed by atoms with van der Waals surface area (Å²) in [5.41, 5.74) is 0.236. The number of amides is 1. The van der Waals surface area contributed by atoms with Crippen LogP contribution in [0, 0.1) is 18.6 Å². The summed E-state index contributed by atoms with van der Waals surface area (Å²) in [6.07, 6.45) is 0. The van der Waals surface area contributed by atoms with Gasteiger partial charge in [-0.3, -0.25) is 4.79 Å². The standard InChI is InChI=1S/C11H14F2N2O/c1-7-4-9(13)10(5-8(7)12)14-6-11(16)15(2)3/h4-5,14H,6H2,1-3H3. The number of halogens is 2. The molecule has 0 aliphatic heterocycles.